The van der Waals surface area contributed by atoms with Gasteiger partial charge in [0.1, 0.15) is 5.82 Å². The molecule has 2 aromatic carbocycles. The maximum absolute atomic E-state index is 13.5. The van der Waals surface area contributed by atoms with Gasteiger partial charge in [0, 0.05) is 5.56 Å². The smallest absolute Gasteiger partial charge is 0.222 e. The Morgan fingerprint density at radius 2 is 1.84 bits per heavy atom. The van der Waals surface area contributed by atoms with Gasteiger partial charge in [-0.15, -0.1) is 0 Å². The van der Waals surface area contributed by atoms with Crippen molar-refractivity contribution in [3.63, 3.8) is 0 Å². The van der Waals surface area contributed by atoms with Gasteiger partial charge in [0.15, 0.2) is 0 Å². The molecule has 5 heteroatoms. The van der Waals surface area contributed by atoms with E-state index in [0.29, 0.717) is 5.56 Å². The molecule has 94 valence electrons. The van der Waals surface area contributed by atoms with Gasteiger partial charge in [-0.05, 0) is 18.2 Å². The third-order valence-corrected chi connectivity index (χ3v) is 2.78. The molecule has 2 N–H and O–H groups in total. The van der Waals surface area contributed by atoms with Crippen LogP contribution in [0.3, 0.4) is 0 Å². The highest BCUT2D eigenvalue weighted by Gasteiger charge is 2.05. The van der Waals surface area contributed by atoms with E-state index < -0.39 is 0 Å². The van der Waals surface area contributed by atoms with Crippen molar-refractivity contribution >= 4 is 23.2 Å². The maximum atomic E-state index is 13.5. The number of nitrogens with zero attached hydrogens (tertiary/aromatic N) is 3. The number of hydrogen-bond acceptors (Lipinski definition) is 3. The van der Waals surface area contributed by atoms with E-state index in [-0.39, 0.29) is 11.8 Å². The quantitative estimate of drug-likeness (QED) is 0.715. The summed E-state index contributed by atoms with van der Waals surface area (Å²) in [6, 6.07) is 13.9. The largest absolute Gasteiger partial charge is 0.368 e. The number of benzene rings is 2. The van der Waals surface area contributed by atoms with Crippen LogP contribution in [0.4, 0.5) is 10.3 Å². The fraction of sp³-hybridized carbons (Fsp3) is 0. The minimum absolute atomic E-state index is 0.272. The van der Waals surface area contributed by atoms with Crippen molar-refractivity contribution in [3.05, 3.63) is 59.9 Å². The number of nitrogen functional groups attached to an aromatic ring is 1. The lowest BCUT2D eigenvalue weighted by atomic mass is 10.2. The van der Waals surface area contributed by atoms with Crippen molar-refractivity contribution in [2.45, 2.75) is 0 Å². The Hall–Kier alpha value is -2.69. The summed E-state index contributed by atoms with van der Waals surface area (Å²) in [5.74, 6) is -0.0527. The maximum Gasteiger partial charge on any atom is 0.222 e. The Labute approximate surface area is 109 Å². The van der Waals surface area contributed by atoms with E-state index in [1.54, 1.807) is 18.2 Å². The molecule has 0 bridgehead atoms. The lowest BCUT2D eigenvalue weighted by molar-refractivity contribution is 0.625. The van der Waals surface area contributed by atoms with E-state index in [1.165, 1.54) is 17.0 Å². The zero-order valence-corrected chi connectivity index (χ0v) is 9.99. The molecule has 0 saturated heterocycles. The van der Waals surface area contributed by atoms with Gasteiger partial charge in [-0.2, -0.15) is 9.78 Å². The number of aromatic nitrogens is 2. The van der Waals surface area contributed by atoms with Gasteiger partial charge in [0.25, 0.3) is 0 Å². The Morgan fingerprint density at radius 1 is 1.11 bits per heavy atom. The second-order valence-electron chi connectivity index (χ2n) is 4.04. The molecule has 19 heavy (non-hydrogen) atoms. The van der Waals surface area contributed by atoms with Crippen LogP contribution in [0.2, 0.25) is 0 Å². The average molecular weight is 254 g/mol. The molecule has 0 spiro atoms. The SMILES string of the molecule is Nc1nc2ccccc2n1N=Cc1ccccc1F. The summed E-state index contributed by atoms with van der Waals surface area (Å²) in [6.07, 6.45) is 1.43. The predicted molar refractivity (Wildman–Crippen MR) is 73.5 cm³/mol. The zero-order chi connectivity index (χ0) is 13.2. The number of halogens is 1. The molecule has 0 saturated carbocycles. The highest BCUT2D eigenvalue weighted by atomic mass is 19.1. The number of anilines is 1. The third-order valence-electron chi connectivity index (χ3n) is 2.78. The van der Waals surface area contributed by atoms with Crippen molar-refractivity contribution in [1.29, 1.82) is 0 Å². The van der Waals surface area contributed by atoms with Gasteiger partial charge in [0.2, 0.25) is 5.95 Å². The number of fused-ring (bicyclic) bond motifs is 1. The molecule has 3 rings (SSSR count). The highest BCUT2D eigenvalue weighted by molar-refractivity contribution is 5.82. The monoisotopic (exact) mass is 254 g/mol. The van der Waals surface area contributed by atoms with Crippen molar-refractivity contribution in [1.82, 2.24) is 9.66 Å². The molecule has 0 unspecified atom stereocenters. The predicted octanol–water partition coefficient (Wildman–Crippen LogP) is 2.64. The van der Waals surface area contributed by atoms with Gasteiger partial charge in [-0.3, -0.25) is 0 Å². The Bertz CT molecular complexity index is 761. The average Bonchev–Trinajstić information content (AvgIpc) is 2.74. The minimum atomic E-state index is -0.325. The van der Waals surface area contributed by atoms with Crippen LogP contribution in [0.25, 0.3) is 11.0 Å². The van der Waals surface area contributed by atoms with Crippen molar-refractivity contribution in [3.8, 4) is 0 Å². The van der Waals surface area contributed by atoms with Gasteiger partial charge in [-0.25, -0.2) is 9.37 Å². The molecular formula is C14H11FN4. The molecule has 0 aliphatic heterocycles. The second kappa shape index (κ2) is 4.53. The van der Waals surface area contributed by atoms with Crippen LogP contribution in [0, 0.1) is 5.82 Å². The van der Waals surface area contributed by atoms with Crippen LogP contribution in [0.15, 0.2) is 53.6 Å². The minimum Gasteiger partial charge on any atom is -0.368 e. The summed E-state index contributed by atoms with van der Waals surface area (Å²) < 4.78 is 15.0. The van der Waals surface area contributed by atoms with E-state index in [4.69, 9.17) is 5.73 Å². The first-order valence-corrected chi connectivity index (χ1v) is 5.77. The van der Waals surface area contributed by atoms with E-state index in [0.717, 1.165) is 11.0 Å². The van der Waals surface area contributed by atoms with Crippen LogP contribution in [-0.4, -0.2) is 15.9 Å². The fourth-order valence-corrected chi connectivity index (χ4v) is 1.85. The fourth-order valence-electron chi connectivity index (χ4n) is 1.85. The topological polar surface area (TPSA) is 56.2 Å². The molecular weight excluding hydrogens is 243 g/mol. The third kappa shape index (κ3) is 2.06. The normalized spacial score (nSPS) is 11.4. The summed E-state index contributed by atoms with van der Waals surface area (Å²) in [4.78, 5) is 4.18. The summed E-state index contributed by atoms with van der Waals surface area (Å²) in [5, 5.41) is 4.19. The molecule has 0 aliphatic carbocycles. The summed E-state index contributed by atoms with van der Waals surface area (Å²) in [6.45, 7) is 0. The van der Waals surface area contributed by atoms with Crippen LogP contribution in [0.1, 0.15) is 5.56 Å². The molecule has 0 fully saturated rings. The summed E-state index contributed by atoms with van der Waals surface area (Å²) in [5.41, 5.74) is 7.74. The van der Waals surface area contributed by atoms with Gasteiger partial charge in [-0.1, -0.05) is 30.3 Å². The first kappa shape index (κ1) is 11.4. The lowest BCUT2D eigenvalue weighted by Crippen LogP contribution is -1.98. The zero-order valence-electron chi connectivity index (χ0n) is 9.99. The van der Waals surface area contributed by atoms with Gasteiger partial charge in [0.05, 0.1) is 17.2 Å². The number of imidazole rings is 1. The highest BCUT2D eigenvalue weighted by Crippen LogP contribution is 2.17. The molecule has 0 atom stereocenters. The first-order valence-electron chi connectivity index (χ1n) is 5.77. The molecule has 4 nitrogen and oxygen atoms in total. The van der Waals surface area contributed by atoms with E-state index in [9.17, 15) is 4.39 Å². The van der Waals surface area contributed by atoms with Crippen molar-refractivity contribution < 1.29 is 4.39 Å². The summed E-state index contributed by atoms with van der Waals surface area (Å²) >= 11 is 0. The molecule has 3 aromatic rings. The molecule has 0 aliphatic rings. The van der Waals surface area contributed by atoms with Crippen LogP contribution >= 0.6 is 0 Å². The van der Waals surface area contributed by atoms with E-state index >= 15 is 0 Å². The molecule has 1 aromatic heterocycles. The second-order valence-corrected chi connectivity index (χ2v) is 4.04. The van der Waals surface area contributed by atoms with Crippen molar-refractivity contribution in [2.75, 3.05) is 5.73 Å². The number of nitrogens with two attached hydrogens (primary N) is 1. The van der Waals surface area contributed by atoms with Gasteiger partial charge >= 0.3 is 0 Å². The molecule has 1 heterocycles. The Morgan fingerprint density at radius 3 is 2.68 bits per heavy atom. The Balaban J connectivity index is 2.06. The van der Waals surface area contributed by atoms with Gasteiger partial charge < -0.3 is 5.73 Å². The van der Waals surface area contributed by atoms with Crippen LogP contribution in [-0.2, 0) is 0 Å². The van der Waals surface area contributed by atoms with Crippen LogP contribution < -0.4 is 5.73 Å². The Kier molecular flexibility index (Phi) is 2.72. The number of hydrogen-bond donors (Lipinski definition) is 1. The number of para-hydroxylation sites is 2. The first-order chi connectivity index (χ1) is 9.25. The molecule has 0 radical (unpaired) electrons. The number of rotatable bonds is 2. The van der Waals surface area contributed by atoms with E-state index in [1.807, 2.05) is 24.3 Å². The molecule has 0 amide bonds. The van der Waals surface area contributed by atoms with E-state index in [2.05, 4.69) is 10.1 Å². The van der Waals surface area contributed by atoms with Crippen LogP contribution in [0.5, 0.6) is 0 Å². The van der Waals surface area contributed by atoms with Crippen molar-refractivity contribution in [2.24, 2.45) is 5.10 Å². The standard InChI is InChI=1S/C14H11FN4/c15-11-6-2-1-5-10(11)9-17-19-13-8-4-3-7-12(13)18-14(19)16/h1-9H,(H2,16,18). The summed E-state index contributed by atoms with van der Waals surface area (Å²) in [7, 11) is 0. The lowest BCUT2D eigenvalue weighted by Gasteiger charge is -1.99.